The molecule has 0 bridgehead atoms. The summed E-state index contributed by atoms with van der Waals surface area (Å²) < 4.78 is 0. The second-order valence-electron chi connectivity index (χ2n) is 4.48. The van der Waals surface area contributed by atoms with Crippen LogP contribution < -0.4 is 5.32 Å². The normalized spacial score (nSPS) is 13.9. The van der Waals surface area contributed by atoms with Gasteiger partial charge in [0, 0.05) is 12.3 Å². The van der Waals surface area contributed by atoms with E-state index in [0.29, 0.717) is 18.1 Å². The zero-order valence-corrected chi connectivity index (χ0v) is 11.8. The van der Waals surface area contributed by atoms with Crippen LogP contribution in [0.15, 0.2) is 30.3 Å². The van der Waals surface area contributed by atoms with Crippen molar-refractivity contribution in [2.24, 2.45) is 0 Å². The van der Waals surface area contributed by atoms with Crippen molar-refractivity contribution in [3.63, 3.8) is 0 Å². The number of hydrogen-bond donors (Lipinski definition) is 2. The highest BCUT2D eigenvalue weighted by molar-refractivity contribution is 8.00. The van der Waals surface area contributed by atoms with Gasteiger partial charge in [0.15, 0.2) is 0 Å². The second-order valence-corrected chi connectivity index (χ2v) is 5.47. The molecule has 0 heterocycles. The van der Waals surface area contributed by atoms with Gasteiger partial charge in [-0.15, -0.1) is 11.8 Å². The van der Waals surface area contributed by atoms with Crippen LogP contribution in [0.1, 0.15) is 25.8 Å². The SMILES string of the molecule is CCCNC(=O)CSCC(C)(O)c1ccccc1. The zero-order chi connectivity index (χ0) is 13.4. The van der Waals surface area contributed by atoms with E-state index < -0.39 is 5.60 Å². The predicted octanol–water partition coefficient (Wildman–Crippen LogP) is 2.15. The van der Waals surface area contributed by atoms with Crippen LogP contribution in [0.5, 0.6) is 0 Å². The van der Waals surface area contributed by atoms with Crippen molar-refractivity contribution in [2.45, 2.75) is 25.9 Å². The van der Waals surface area contributed by atoms with Gasteiger partial charge in [-0.2, -0.15) is 0 Å². The number of carbonyl (C=O) groups is 1. The molecule has 0 aliphatic rings. The van der Waals surface area contributed by atoms with E-state index in [0.717, 1.165) is 12.0 Å². The van der Waals surface area contributed by atoms with Crippen LogP contribution in [0.2, 0.25) is 0 Å². The van der Waals surface area contributed by atoms with Crippen LogP contribution in [-0.4, -0.2) is 29.1 Å². The minimum atomic E-state index is -0.892. The number of aliphatic hydroxyl groups is 1. The number of nitrogens with one attached hydrogen (secondary N) is 1. The lowest BCUT2D eigenvalue weighted by atomic mass is 9.99. The lowest BCUT2D eigenvalue weighted by molar-refractivity contribution is -0.118. The molecule has 1 amide bonds. The zero-order valence-electron chi connectivity index (χ0n) is 11.0. The van der Waals surface area contributed by atoms with Gasteiger partial charge in [0.2, 0.25) is 5.91 Å². The van der Waals surface area contributed by atoms with Crippen LogP contribution >= 0.6 is 11.8 Å². The fourth-order valence-electron chi connectivity index (χ4n) is 1.54. The Bertz CT molecular complexity index is 365. The largest absolute Gasteiger partial charge is 0.385 e. The lowest BCUT2D eigenvalue weighted by Gasteiger charge is -2.23. The lowest BCUT2D eigenvalue weighted by Crippen LogP contribution is -2.28. The van der Waals surface area contributed by atoms with Gasteiger partial charge >= 0.3 is 0 Å². The van der Waals surface area contributed by atoms with E-state index in [1.54, 1.807) is 6.92 Å². The summed E-state index contributed by atoms with van der Waals surface area (Å²) in [5.74, 6) is 0.935. The van der Waals surface area contributed by atoms with E-state index in [9.17, 15) is 9.90 Å². The number of benzene rings is 1. The van der Waals surface area contributed by atoms with E-state index in [1.165, 1.54) is 11.8 Å². The van der Waals surface area contributed by atoms with Crippen molar-refractivity contribution < 1.29 is 9.90 Å². The Balaban J connectivity index is 2.36. The molecule has 0 aliphatic carbocycles. The van der Waals surface area contributed by atoms with Gasteiger partial charge in [0.25, 0.3) is 0 Å². The van der Waals surface area contributed by atoms with E-state index >= 15 is 0 Å². The van der Waals surface area contributed by atoms with Gasteiger partial charge in [-0.05, 0) is 18.9 Å². The first-order valence-electron chi connectivity index (χ1n) is 6.18. The smallest absolute Gasteiger partial charge is 0.229 e. The van der Waals surface area contributed by atoms with Gasteiger partial charge < -0.3 is 10.4 Å². The number of hydrogen-bond acceptors (Lipinski definition) is 3. The van der Waals surface area contributed by atoms with Gasteiger partial charge in [0.1, 0.15) is 0 Å². The molecule has 4 heteroatoms. The monoisotopic (exact) mass is 267 g/mol. The second kappa shape index (κ2) is 7.44. The van der Waals surface area contributed by atoms with E-state index in [4.69, 9.17) is 0 Å². The van der Waals surface area contributed by atoms with Gasteiger partial charge in [0.05, 0.1) is 11.4 Å². The molecule has 0 spiro atoms. The van der Waals surface area contributed by atoms with Gasteiger partial charge in [-0.1, -0.05) is 37.3 Å². The first-order chi connectivity index (χ1) is 8.56. The molecule has 1 aromatic carbocycles. The van der Waals surface area contributed by atoms with Gasteiger partial charge in [-0.25, -0.2) is 0 Å². The molecule has 0 saturated heterocycles. The Morgan fingerprint density at radius 3 is 2.67 bits per heavy atom. The quantitative estimate of drug-likeness (QED) is 0.796. The summed E-state index contributed by atoms with van der Waals surface area (Å²) in [6, 6.07) is 9.53. The topological polar surface area (TPSA) is 49.3 Å². The summed E-state index contributed by atoms with van der Waals surface area (Å²) in [4.78, 5) is 11.4. The summed E-state index contributed by atoms with van der Waals surface area (Å²) in [6.07, 6.45) is 0.943. The molecule has 0 aromatic heterocycles. The number of thioether (sulfide) groups is 1. The molecule has 3 nitrogen and oxygen atoms in total. The third kappa shape index (κ3) is 5.10. The van der Waals surface area contributed by atoms with Crippen LogP contribution in [0.4, 0.5) is 0 Å². The maximum atomic E-state index is 11.4. The fourth-order valence-corrected chi connectivity index (χ4v) is 2.49. The molecular formula is C14H21NO2S. The van der Waals surface area contributed by atoms with Crippen molar-refractivity contribution in [1.82, 2.24) is 5.32 Å². The third-order valence-electron chi connectivity index (χ3n) is 2.58. The minimum Gasteiger partial charge on any atom is -0.385 e. The third-order valence-corrected chi connectivity index (χ3v) is 3.82. The van der Waals surface area contributed by atoms with Crippen LogP contribution in [-0.2, 0) is 10.4 Å². The predicted molar refractivity (Wildman–Crippen MR) is 76.6 cm³/mol. The van der Waals surface area contributed by atoms with E-state index in [2.05, 4.69) is 5.32 Å². The maximum absolute atomic E-state index is 11.4. The van der Waals surface area contributed by atoms with Crippen molar-refractivity contribution >= 4 is 17.7 Å². The summed E-state index contributed by atoms with van der Waals surface area (Å²) in [5.41, 5.74) is -0.0109. The average Bonchev–Trinajstić information content (AvgIpc) is 2.37. The Morgan fingerprint density at radius 1 is 1.39 bits per heavy atom. The highest BCUT2D eigenvalue weighted by atomic mass is 32.2. The summed E-state index contributed by atoms with van der Waals surface area (Å²) >= 11 is 1.45. The molecule has 2 N–H and O–H groups in total. The first-order valence-corrected chi connectivity index (χ1v) is 7.34. The molecule has 1 rings (SSSR count). The molecule has 0 aliphatic heterocycles. The van der Waals surface area contributed by atoms with Crippen LogP contribution in [0.25, 0.3) is 0 Å². The summed E-state index contributed by atoms with van der Waals surface area (Å²) in [7, 11) is 0. The Morgan fingerprint density at radius 2 is 2.06 bits per heavy atom. The molecule has 1 aromatic rings. The Labute approximate surface area is 113 Å². The van der Waals surface area contributed by atoms with Crippen molar-refractivity contribution in [3.05, 3.63) is 35.9 Å². The van der Waals surface area contributed by atoms with E-state index in [1.807, 2.05) is 37.3 Å². The van der Waals surface area contributed by atoms with Gasteiger partial charge in [-0.3, -0.25) is 4.79 Å². The maximum Gasteiger partial charge on any atom is 0.229 e. The molecule has 0 saturated carbocycles. The van der Waals surface area contributed by atoms with Crippen LogP contribution in [0, 0.1) is 0 Å². The fraction of sp³-hybridized carbons (Fsp3) is 0.500. The molecule has 1 atom stereocenters. The standard InChI is InChI=1S/C14H21NO2S/c1-3-9-15-13(16)10-18-11-14(2,17)12-7-5-4-6-8-12/h4-8,17H,3,9-11H2,1-2H3,(H,15,16). The molecule has 100 valence electrons. The Kier molecular flexibility index (Phi) is 6.22. The Hall–Kier alpha value is -1.00. The minimum absolute atomic E-state index is 0.0331. The molecule has 18 heavy (non-hydrogen) atoms. The number of rotatable bonds is 7. The highest BCUT2D eigenvalue weighted by Gasteiger charge is 2.22. The molecule has 0 fully saturated rings. The van der Waals surface area contributed by atoms with Crippen LogP contribution in [0.3, 0.4) is 0 Å². The van der Waals surface area contributed by atoms with Crippen molar-refractivity contribution in [2.75, 3.05) is 18.1 Å². The summed E-state index contributed by atoms with van der Waals surface area (Å²) in [5, 5.41) is 13.1. The summed E-state index contributed by atoms with van der Waals surface area (Å²) in [6.45, 7) is 4.52. The number of amides is 1. The molecule has 0 radical (unpaired) electrons. The van der Waals surface area contributed by atoms with Crippen molar-refractivity contribution in [3.8, 4) is 0 Å². The number of carbonyl (C=O) groups excluding carboxylic acids is 1. The highest BCUT2D eigenvalue weighted by Crippen LogP contribution is 2.24. The van der Waals surface area contributed by atoms with Crippen molar-refractivity contribution in [1.29, 1.82) is 0 Å². The first kappa shape index (κ1) is 15.1. The molecular weight excluding hydrogens is 246 g/mol. The average molecular weight is 267 g/mol. The van der Waals surface area contributed by atoms with E-state index in [-0.39, 0.29) is 5.91 Å². The molecule has 1 unspecified atom stereocenters.